The molecule has 0 saturated heterocycles. The maximum atomic E-state index is 2.45. The predicted molar refractivity (Wildman–Crippen MR) is 102 cm³/mol. The number of fused-ring (bicyclic) bond motifs is 1. The monoisotopic (exact) mass is 304 g/mol. The molecule has 1 aliphatic carbocycles. The molecule has 0 nitrogen and oxygen atoms in total. The van der Waals surface area contributed by atoms with Crippen LogP contribution in [0, 0.1) is 0 Å². The first-order chi connectivity index (χ1) is 11.3. The zero-order valence-corrected chi connectivity index (χ0v) is 14.6. The standard InChI is InChI=1S/C23H28/c1-3-5-8-18-12-14-20(15-13-18)22-11-7-10-21-16-19(9-6-4-2)17-23(21)22/h7,10-15,17H,3-6,8-9,16H2,1-2H3. The Balaban J connectivity index is 1.84. The first kappa shape index (κ1) is 16.1. The Kier molecular flexibility index (Phi) is 5.33. The van der Waals surface area contributed by atoms with Crippen LogP contribution in [0.2, 0.25) is 0 Å². The lowest BCUT2D eigenvalue weighted by atomic mass is 9.96. The Bertz CT molecular complexity index is 674. The van der Waals surface area contributed by atoms with Crippen LogP contribution in [0.3, 0.4) is 0 Å². The molecule has 2 aromatic carbocycles. The van der Waals surface area contributed by atoms with Crippen molar-refractivity contribution in [2.45, 2.75) is 58.8 Å². The molecule has 23 heavy (non-hydrogen) atoms. The van der Waals surface area contributed by atoms with Gasteiger partial charge in [0.15, 0.2) is 0 Å². The van der Waals surface area contributed by atoms with Crippen molar-refractivity contribution >= 4 is 6.08 Å². The second-order valence-corrected chi connectivity index (χ2v) is 6.76. The second-order valence-electron chi connectivity index (χ2n) is 6.76. The third kappa shape index (κ3) is 3.75. The molecule has 0 fully saturated rings. The third-order valence-electron chi connectivity index (χ3n) is 4.90. The van der Waals surface area contributed by atoms with E-state index in [4.69, 9.17) is 0 Å². The first-order valence-electron chi connectivity index (χ1n) is 9.22. The largest absolute Gasteiger partial charge is 0.0654 e. The van der Waals surface area contributed by atoms with Gasteiger partial charge >= 0.3 is 0 Å². The Morgan fingerprint density at radius 3 is 2.30 bits per heavy atom. The summed E-state index contributed by atoms with van der Waals surface area (Å²) in [6.45, 7) is 4.53. The summed E-state index contributed by atoms with van der Waals surface area (Å²) in [5.74, 6) is 0. The van der Waals surface area contributed by atoms with Crippen molar-refractivity contribution in [2.75, 3.05) is 0 Å². The van der Waals surface area contributed by atoms with E-state index in [0.717, 1.165) is 6.42 Å². The topological polar surface area (TPSA) is 0 Å². The average molecular weight is 304 g/mol. The van der Waals surface area contributed by atoms with Gasteiger partial charge in [-0.05, 0) is 59.9 Å². The van der Waals surface area contributed by atoms with Gasteiger partial charge in [0.2, 0.25) is 0 Å². The summed E-state index contributed by atoms with van der Waals surface area (Å²) in [5, 5.41) is 0. The third-order valence-corrected chi connectivity index (χ3v) is 4.90. The van der Waals surface area contributed by atoms with Crippen molar-refractivity contribution in [1.82, 2.24) is 0 Å². The van der Waals surface area contributed by atoms with Gasteiger partial charge in [-0.2, -0.15) is 0 Å². The highest BCUT2D eigenvalue weighted by Crippen LogP contribution is 2.35. The fourth-order valence-corrected chi connectivity index (χ4v) is 3.49. The molecule has 0 unspecified atom stereocenters. The molecule has 0 aliphatic heterocycles. The van der Waals surface area contributed by atoms with Gasteiger partial charge < -0.3 is 0 Å². The quantitative estimate of drug-likeness (QED) is 0.526. The second kappa shape index (κ2) is 7.64. The molecule has 0 spiro atoms. The van der Waals surface area contributed by atoms with Crippen LogP contribution < -0.4 is 0 Å². The number of rotatable bonds is 7. The molecule has 0 atom stereocenters. The van der Waals surface area contributed by atoms with E-state index in [2.05, 4.69) is 62.4 Å². The summed E-state index contributed by atoms with van der Waals surface area (Å²) in [6.07, 6.45) is 11.2. The van der Waals surface area contributed by atoms with Gasteiger partial charge in [-0.15, -0.1) is 0 Å². The number of hydrogen-bond acceptors (Lipinski definition) is 0. The molecule has 2 aromatic rings. The van der Waals surface area contributed by atoms with E-state index < -0.39 is 0 Å². The molecule has 0 bridgehead atoms. The van der Waals surface area contributed by atoms with Crippen molar-refractivity contribution in [3.05, 3.63) is 64.7 Å². The minimum absolute atomic E-state index is 1.15. The maximum absolute atomic E-state index is 2.45. The highest BCUT2D eigenvalue weighted by Gasteiger charge is 2.16. The van der Waals surface area contributed by atoms with E-state index in [0.29, 0.717) is 0 Å². The van der Waals surface area contributed by atoms with Crippen LogP contribution in [0.5, 0.6) is 0 Å². The normalized spacial score (nSPS) is 13.0. The maximum Gasteiger partial charge on any atom is -0.00576 e. The first-order valence-corrected chi connectivity index (χ1v) is 9.22. The lowest BCUT2D eigenvalue weighted by Gasteiger charge is -2.09. The number of unbranched alkanes of at least 4 members (excludes halogenated alkanes) is 2. The summed E-state index contributed by atoms with van der Waals surface area (Å²) >= 11 is 0. The summed E-state index contributed by atoms with van der Waals surface area (Å²) in [6, 6.07) is 16.0. The summed E-state index contributed by atoms with van der Waals surface area (Å²) < 4.78 is 0. The van der Waals surface area contributed by atoms with Gasteiger partial charge in [0, 0.05) is 0 Å². The molecule has 0 heterocycles. The zero-order chi connectivity index (χ0) is 16.1. The lowest BCUT2D eigenvalue weighted by molar-refractivity contribution is 0.779. The van der Waals surface area contributed by atoms with Crippen LogP contribution in [-0.2, 0) is 12.8 Å². The summed E-state index contributed by atoms with van der Waals surface area (Å²) in [7, 11) is 0. The summed E-state index contributed by atoms with van der Waals surface area (Å²) in [4.78, 5) is 0. The van der Waals surface area contributed by atoms with Crippen LogP contribution >= 0.6 is 0 Å². The van der Waals surface area contributed by atoms with Gasteiger partial charge in [0.05, 0.1) is 0 Å². The van der Waals surface area contributed by atoms with Gasteiger partial charge in [-0.1, -0.05) is 80.8 Å². The molecular formula is C23H28. The number of hydrogen-bond donors (Lipinski definition) is 0. The molecule has 0 aromatic heterocycles. The fourth-order valence-electron chi connectivity index (χ4n) is 3.49. The molecule has 0 radical (unpaired) electrons. The van der Waals surface area contributed by atoms with E-state index >= 15 is 0 Å². The Morgan fingerprint density at radius 1 is 0.826 bits per heavy atom. The predicted octanol–water partition coefficient (Wildman–Crippen LogP) is 6.83. The Labute approximate surface area is 141 Å². The minimum atomic E-state index is 1.15. The minimum Gasteiger partial charge on any atom is -0.0654 e. The van der Waals surface area contributed by atoms with E-state index in [9.17, 15) is 0 Å². The van der Waals surface area contributed by atoms with E-state index in [-0.39, 0.29) is 0 Å². The number of benzene rings is 2. The van der Waals surface area contributed by atoms with Crippen LogP contribution in [0.1, 0.15) is 62.6 Å². The van der Waals surface area contributed by atoms with Gasteiger partial charge in [-0.25, -0.2) is 0 Å². The average Bonchev–Trinajstić information content (AvgIpc) is 3.01. The van der Waals surface area contributed by atoms with Crippen LogP contribution in [-0.4, -0.2) is 0 Å². The van der Waals surface area contributed by atoms with Crippen molar-refractivity contribution in [2.24, 2.45) is 0 Å². The van der Waals surface area contributed by atoms with Gasteiger partial charge in [-0.3, -0.25) is 0 Å². The van der Waals surface area contributed by atoms with E-state index in [1.54, 1.807) is 5.57 Å². The van der Waals surface area contributed by atoms with Crippen molar-refractivity contribution < 1.29 is 0 Å². The highest BCUT2D eigenvalue weighted by atomic mass is 14.2. The van der Waals surface area contributed by atoms with Crippen molar-refractivity contribution in [1.29, 1.82) is 0 Å². The lowest BCUT2D eigenvalue weighted by Crippen LogP contribution is -1.89. The van der Waals surface area contributed by atoms with Crippen LogP contribution in [0.25, 0.3) is 17.2 Å². The molecule has 0 heteroatoms. The van der Waals surface area contributed by atoms with Crippen LogP contribution in [0.15, 0.2) is 48.0 Å². The zero-order valence-electron chi connectivity index (χ0n) is 14.6. The fraction of sp³-hybridized carbons (Fsp3) is 0.391. The van der Waals surface area contributed by atoms with E-state index in [1.807, 2.05) is 0 Å². The Hall–Kier alpha value is -1.82. The number of allylic oxidation sites excluding steroid dienone is 1. The smallest absolute Gasteiger partial charge is 0.00576 e. The molecule has 0 N–H and O–H groups in total. The van der Waals surface area contributed by atoms with Gasteiger partial charge in [0.1, 0.15) is 0 Å². The molecule has 0 amide bonds. The van der Waals surface area contributed by atoms with Crippen LogP contribution in [0.4, 0.5) is 0 Å². The molecule has 1 aliphatic rings. The summed E-state index contributed by atoms with van der Waals surface area (Å²) in [5.41, 5.74) is 8.78. The number of aryl methyl sites for hydroxylation is 1. The molecule has 120 valence electrons. The van der Waals surface area contributed by atoms with Crippen molar-refractivity contribution in [3.8, 4) is 11.1 Å². The Morgan fingerprint density at radius 2 is 1.57 bits per heavy atom. The highest BCUT2D eigenvalue weighted by molar-refractivity contribution is 5.80. The molecular weight excluding hydrogens is 276 g/mol. The molecule has 0 saturated carbocycles. The van der Waals surface area contributed by atoms with Crippen molar-refractivity contribution in [3.63, 3.8) is 0 Å². The van der Waals surface area contributed by atoms with E-state index in [1.165, 1.54) is 66.3 Å². The molecule has 3 rings (SSSR count). The SMILES string of the molecule is CCCCC1=Cc2c(cccc2-c2ccc(CCCC)cc2)C1. The van der Waals surface area contributed by atoms with Gasteiger partial charge in [0.25, 0.3) is 0 Å².